The molecule has 1 atom stereocenters. The SMILES string of the molecule is O=C(O)C1C(=O)c2cccnc2N=C1Cc1cnco1. The normalized spacial score (nSPS) is 17.5. The van der Waals surface area contributed by atoms with E-state index >= 15 is 0 Å². The maximum Gasteiger partial charge on any atom is 0.320 e. The molecule has 0 fully saturated rings. The van der Waals surface area contributed by atoms with Crippen LogP contribution in [0.4, 0.5) is 5.82 Å². The Kier molecular flexibility index (Phi) is 2.86. The molecule has 100 valence electrons. The topological polar surface area (TPSA) is 106 Å². The molecule has 1 aliphatic rings. The highest BCUT2D eigenvalue weighted by Crippen LogP contribution is 2.27. The van der Waals surface area contributed by atoms with E-state index in [1.807, 2.05) is 0 Å². The molecular weight excluding hydrogens is 262 g/mol. The van der Waals surface area contributed by atoms with Crippen molar-refractivity contribution in [3.05, 3.63) is 42.2 Å². The highest BCUT2D eigenvalue weighted by atomic mass is 16.4. The number of carboxylic acid groups (broad SMARTS) is 1. The zero-order valence-corrected chi connectivity index (χ0v) is 10.2. The molecule has 2 aromatic heterocycles. The predicted octanol–water partition coefficient (Wildman–Crippen LogP) is 1.28. The van der Waals surface area contributed by atoms with Gasteiger partial charge in [0, 0.05) is 12.6 Å². The number of Topliss-reactive ketones (excluding diaryl/α,β-unsaturated/α-hetero) is 1. The largest absolute Gasteiger partial charge is 0.480 e. The lowest BCUT2D eigenvalue weighted by molar-refractivity contribution is -0.138. The number of aromatic nitrogens is 2. The van der Waals surface area contributed by atoms with Gasteiger partial charge < -0.3 is 9.52 Å². The average molecular weight is 271 g/mol. The first kappa shape index (κ1) is 12.2. The van der Waals surface area contributed by atoms with Crippen molar-refractivity contribution in [2.75, 3.05) is 0 Å². The average Bonchev–Trinajstić information content (AvgIpc) is 2.91. The van der Waals surface area contributed by atoms with Gasteiger partial charge in [-0.25, -0.2) is 15.0 Å². The quantitative estimate of drug-likeness (QED) is 0.843. The molecule has 20 heavy (non-hydrogen) atoms. The van der Waals surface area contributed by atoms with E-state index in [0.717, 1.165) is 0 Å². The molecule has 2 aromatic rings. The number of rotatable bonds is 3. The summed E-state index contributed by atoms with van der Waals surface area (Å²) < 4.78 is 5.07. The summed E-state index contributed by atoms with van der Waals surface area (Å²) in [7, 11) is 0. The lowest BCUT2D eigenvalue weighted by Crippen LogP contribution is -2.35. The van der Waals surface area contributed by atoms with Crippen LogP contribution in [-0.2, 0) is 11.2 Å². The minimum atomic E-state index is -1.31. The Morgan fingerprint density at radius 3 is 3.00 bits per heavy atom. The number of nitrogens with zero attached hydrogens (tertiary/aromatic N) is 3. The molecule has 0 spiro atoms. The number of hydrogen-bond donors (Lipinski definition) is 1. The third kappa shape index (κ3) is 1.99. The van der Waals surface area contributed by atoms with Crippen LogP contribution >= 0.6 is 0 Å². The summed E-state index contributed by atoms with van der Waals surface area (Å²) in [4.78, 5) is 35.5. The van der Waals surface area contributed by atoms with E-state index in [1.165, 1.54) is 24.9 Å². The molecule has 7 nitrogen and oxygen atoms in total. The zero-order chi connectivity index (χ0) is 14.1. The highest BCUT2D eigenvalue weighted by Gasteiger charge is 2.37. The standard InChI is InChI=1S/C13H9N3O4/c17-11-8-2-1-3-15-12(8)16-9(10(11)13(18)19)4-7-5-14-6-20-7/h1-3,5-6,10H,4H2,(H,18,19). The third-order valence-corrected chi connectivity index (χ3v) is 2.98. The van der Waals surface area contributed by atoms with Crippen LogP contribution in [0.3, 0.4) is 0 Å². The first-order valence-corrected chi connectivity index (χ1v) is 5.83. The molecule has 1 unspecified atom stereocenters. The lowest BCUT2D eigenvalue weighted by atomic mass is 9.89. The number of pyridine rings is 1. The minimum absolute atomic E-state index is 0.110. The summed E-state index contributed by atoms with van der Waals surface area (Å²) >= 11 is 0. The van der Waals surface area contributed by atoms with Gasteiger partial charge in [0.25, 0.3) is 0 Å². The van der Waals surface area contributed by atoms with Crippen LogP contribution in [0.2, 0.25) is 0 Å². The van der Waals surface area contributed by atoms with Crippen molar-refractivity contribution in [3.8, 4) is 0 Å². The summed E-state index contributed by atoms with van der Waals surface area (Å²) in [6.07, 6.45) is 4.31. The van der Waals surface area contributed by atoms with E-state index in [4.69, 9.17) is 4.42 Å². The van der Waals surface area contributed by atoms with Gasteiger partial charge in [0.2, 0.25) is 0 Å². The first-order chi connectivity index (χ1) is 9.66. The van der Waals surface area contributed by atoms with Crippen molar-refractivity contribution in [1.82, 2.24) is 9.97 Å². The molecule has 0 saturated carbocycles. The zero-order valence-electron chi connectivity index (χ0n) is 10.2. The maximum absolute atomic E-state index is 12.2. The fraction of sp³-hybridized carbons (Fsp3) is 0.154. The number of hydrogen-bond acceptors (Lipinski definition) is 6. The predicted molar refractivity (Wildman–Crippen MR) is 67.0 cm³/mol. The van der Waals surface area contributed by atoms with Crippen LogP contribution in [0, 0.1) is 5.92 Å². The monoisotopic (exact) mass is 271 g/mol. The molecule has 0 saturated heterocycles. The van der Waals surface area contributed by atoms with E-state index in [0.29, 0.717) is 5.76 Å². The summed E-state index contributed by atoms with van der Waals surface area (Å²) in [5, 5.41) is 9.26. The van der Waals surface area contributed by atoms with Crippen LogP contribution in [0.15, 0.2) is 40.3 Å². The second-order valence-corrected chi connectivity index (χ2v) is 4.26. The van der Waals surface area contributed by atoms with E-state index in [2.05, 4.69) is 15.0 Å². The van der Waals surface area contributed by atoms with Crippen LogP contribution < -0.4 is 0 Å². The number of aliphatic carboxylic acids is 1. The Morgan fingerprint density at radius 1 is 1.45 bits per heavy atom. The summed E-state index contributed by atoms with van der Waals surface area (Å²) in [6, 6.07) is 3.10. The second kappa shape index (κ2) is 4.69. The second-order valence-electron chi connectivity index (χ2n) is 4.26. The fourth-order valence-corrected chi connectivity index (χ4v) is 2.09. The van der Waals surface area contributed by atoms with E-state index in [9.17, 15) is 14.7 Å². The summed E-state index contributed by atoms with van der Waals surface area (Å²) in [5.41, 5.74) is 0.423. The number of carbonyl (C=O) groups is 2. The van der Waals surface area contributed by atoms with Gasteiger partial charge in [-0.15, -0.1) is 0 Å². The van der Waals surface area contributed by atoms with Gasteiger partial charge in [0.1, 0.15) is 5.76 Å². The number of ketones is 1. The number of carbonyl (C=O) groups excluding carboxylic acids is 1. The Bertz CT molecular complexity index is 706. The highest BCUT2D eigenvalue weighted by molar-refractivity contribution is 6.27. The van der Waals surface area contributed by atoms with Crippen molar-refractivity contribution in [3.63, 3.8) is 0 Å². The molecule has 0 amide bonds. The van der Waals surface area contributed by atoms with Gasteiger partial charge in [-0.3, -0.25) is 9.59 Å². The Labute approximate surface area is 113 Å². The molecule has 7 heteroatoms. The van der Waals surface area contributed by atoms with Gasteiger partial charge >= 0.3 is 5.97 Å². The Hall–Kier alpha value is -2.83. The van der Waals surface area contributed by atoms with Gasteiger partial charge in [0.05, 0.1) is 17.5 Å². The van der Waals surface area contributed by atoms with Crippen molar-refractivity contribution >= 4 is 23.3 Å². The minimum Gasteiger partial charge on any atom is -0.480 e. The van der Waals surface area contributed by atoms with E-state index in [1.54, 1.807) is 6.07 Å². The van der Waals surface area contributed by atoms with Gasteiger partial charge in [0.15, 0.2) is 23.9 Å². The lowest BCUT2D eigenvalue weighted by Gasteiger charge is -2.19. The number of fused-ring (bicyclic) bond motifs is 1. The molecule has 0 aliphatic carbocycles. The number of oxazole rings is 1. The summed E-state index contributed by atoms with van der Waals surface area (Å²) in [6.45, 7) is 0. The third-order valence-electron chi connectivity index (χ3n) is 2.98. The number of carboxylic acids is 1. The Morgan fingerprint density at radius 2 is 2.30 bits per heavy atom. The molecule has 3 heterocycles. The van der Waals surface area contributed by atoms with Gasteiger partial charge in [-0.05, 0) is 12.1 Å². The van der Waals surface area contributed by atoms with Crippen molar-refractivity contribution in [2.45, 2.75) is 6.42 Å². The van der Waals surface area contributed by atoms with Crippen molar-refractivity contribution in [2.24, 2.45) is 10.9 Å². The van der Waals surface area contributed by atoms with Gasteiger partial charge in [-0.1, -0.05) is 0 Å². The fourth-order valence-electron chi connectivity index (χ4n) is 2.09. The molecule has 0 radical (unpaired) electrons. The molecule has 0 bridgehead atoms. The maximum atomic E-state index is 12.2. The van der Waals surface area contributed by atoms with Crippen molar-refractivity contribution < 1.29 is 19.1 Å². The van der Waals surface area contributed by atoms with Gasteiger partial charge in [-0.2, -0.15) is 0 Å². The van der Waals surface area contributed by atoms with Crippen LogP contribution in [0.1, 0.15) is 16.1 Å². The molecule has 1 aliphatic heterocycles. The van der Waals surface area contributed by atoms with E-state index in [-0.39, 0.29) is 23.5 Å². The Balaban J connectivity index is 2.07. The van der Waals surface area contributed by atoms with Crippen LogP contribution in [0.5, 0.6) is 0 Å². The van der Waals surface area contributed by atoms with Crippen molar-refractivity contribution in [1.29, 1.82) is 0 Å². The molecule has 3 rings (SSSR count). The van der Waals surface area contributed by atoms with Crippen LogP contribution in [0.25, 0.3) is 0 Å². The molecular formula is C13H9N3O4. The van der Waals surface area contributed by atoms with E-state index < -0.39 is 17.7 Å². The first-order valence-electron chi connectivity index (χ1n) is 5.83. The van der Waals surface area contributed by atoms with Crippen LogP contribution in [-0.4, -0.2) is 32.5 Å². The smallest absolute Gasteiger partial charge is 0.320 e. The molecule has 1 N–H and O–H groups in total. The molecule has 0 aromatic carbocycles. The number of aliphatic imine (C=N–C) groups is 1. The summed E-state index contributed by atoms with van der Waals surface area (Å²) in [5.74, 6) is -2.36.